The predicted molar refractivity (Wildman–Crippen MR) is 69.2 cm³/mol. The molecule has 1 N–H and O–H groups in total. The highest BCUT2D eigenvalue weighted by atomic mass is 35.5. The molecule has 0 fully saturated rings. The van der Waals surface area contributed by atoms with Gasteiger partial charge in [-0.3, -0.25) is 4.68 Å². The van der Waals surface area contributed by atoms with Gasteiger partial charge in [-0.05, 0) is 18.6 Å². The SMILES string of the molecule is CCC(Nc1ccnn1C)c1ccc(Cl)s1. The van der Waals surface area contributed by atoms with E-state index in [1.807, 2.05) is 23.9 Å². The molecule has 0 saturated carbocycles. The average molecular weight is 256 g/mol. The lowest BCUT2D eigenvalue weighted by Gasteiger charge is -2.16. The highest BCUT2D eigenvalue weighted by Gasteiger charge is 2.12. The number of aryl methyl sites for hydroxylation is 1. The minimum absolute atomic E-state index is 0.299. The summed E-state index contributed by atoms with van der Waals surface area (Å²) in [6, 6.07) is 6.28. The quantitative estimate of drug-likeness (QED) is 0.903. The highest BCUT2D eigenvalue weighted by Crippen LogP contribution is 2.30. The molecule has 1 unspecified atom stereocenters. The fourth-order valence-corrected chi connectivity index (χ4v) is 2.78. The molecule has 0 saturated heterocycles. The molecule has 0 aliphatic rings. The molecule has 0 bridgehead atoms. The molecule has 86 valence electrons. The van der Waals surface area contributed by atoms with Gasteiger partial charge in [0.15, 0.2) is 0 Å². The van der Waals surface area contributed by atoms with Crippen molar-refractivity contribution in [2.24, 2.45) is 7.05 Å². The van der Waals surface area contributed by atoms with Crippen LogP contribution in [0.15, 0.2) is 24.4 Å². The fraction of sp³-hybridized carbons (Fsp3) is 0.364. The Morgan fingerprint density at radius 1 is 1.50 bits per heavy atom. The Bertz CT molecular complexity index is 463. The van der Waals surface area contributed by atoms with E-state index in [2.05, 4.69) is 23.4 Å². The van der Waals surface area contributed by atoms with Gasteiger partial charge in [-0.1, -0.05) is 18.5 Å². The number of rotatable bonds is 4. The number of thiophene rings is 1. The van der Waals surface area contributed by atoms with Crippen LogP contribution in [0.25, 0.3) is 0 Å². The van der Waals surface area contributed by atoms with Gasteiger partial charge in [0.2, 0.25) is 0 Å². The zero-order chi connectivity index (χ0) is 11.5. The summed E-state index contributed by atoms with van der Waals surface area (Å²) < 4.78 is 2.66. The normalized spacial score (nSPS) is 12.7. The van der Waals surface area contributed by atoms with Crippen molar-refractivity contribution in [3.63, 3.8) is 0 Å². The Kier molecular flexibility index (Phi) is 3.51. The molecular weight excluding hydrogens is 242 g/mol. The van der Waals surface area contributed by atoms with E-state index in [4.69, 9.17) is 11.6 Å². The van der Waals surface area contributed by atoms with Gasteiger partial charge in [0.25, 0.3) is 0 Å². The second-order valence-electron chi connectivity index (χ2n) is 3.59. The van der Waals surface area contributed by atoms with Gasteiger partial charge in [0, 0.05) is 18.0 Å². The van der Waals surface area contributed by atoms with E-state index in [1.165, 1.54) is 4.88 Å². The summed E-state index contributed by atoms with van der Waals surface area (Å²) in [4.78, 5) is 1.26. The average Bonchev–Trinajstić information content (AvgIpc) is 2.85. The summed E-state index contributed by atoms with van der Waals surface area (Å²) in [7, 11) is 1.93. The maximum absolute atomic E-state index is 5.95. The second-order valence-corrected chi connectivity index (χ2v) is 5.33. The third-order valence-electron chi connectivity index (χ3n) is 2.49. The molecule has 2 aromatic heterocycles. The Labute approximate surface area is 104 Å². The number of hydrogen-bond acceptors (Lipinski definition) is 3. The van der Waals surface area contributed by atoms with Gasteiger partial charge in [0.05, 0.1) is 16.6 Å². The molecule has 2 rings (SSSR count). The number of anilines is 1. The molecule has 0 aliphatic heterocycles. The van der Waals surface area contributed by atoms with Crippen molar-refractivity contribution >= 4 is 28.8 Å². The van der Waals surface area contributed by atoms with Gasteiger partial charge in [0.1, 0.15) is 5.82 Å². The van der Waals surface area contributed by atoms with E-state index in [0.717, 1.165) is 16.6 Å². The van der Waals surface area contributed by atoms with Crippen molar-refractivity contribution in [1.29, 1.82) is 0 Å². The summed E-state index contributed by atoms with van der Waals surface area (Å²) in [5, 5.41) is 7.59. The molecule has 2 heterocycles. The Morgan fingerprint density at radius 3 is 2.81 bits per heavy atom. The first-order valence-electron chi connectivity index (χ1n) is 5.20. The number of nitrogens with one attached hydrogen (secondary N) is 1. The molecule has 2 aromatic rings. The lowest BCUT2D eigenvalue weighted by Crippen LogP contribution is -2.11. The van der Waals surface area contributed by atoms with Gasteiger partial charge in [-0.15, -0.1) is 11.3 Å². The van der Waals surface area contributed by atoms with E-state index < -0.39 is 0 Å². The minimum Gasteiger partial charge on any atom is -0.363 e. The second kappa shape index (κ2) is 4.89. The molecule has 0 aromatic carbocycles. The lowest BCUT2D eigenvalue weighted by atomic mass is 10.2. The highest BCUT2D eigenvalue weighted by molar-refractivity contribution is 7.16. The van der Waals surface area contributed by atoms with Crippen molar-refractivity contribution in [3.05, 3.63) is 33.6 Å². The largest absolute Gasteiger partial charge is 0.363 e. The van der Waals surface area contributed by atoms with Crippen LogP contribution in [0.4, 0.5) is 5.82 Å². The van der Waals surface area contributed by atoms with Crippen LogP contribution in [0.5, 0.6) is 0 Å². The number of halogens is 1. The van der Waals surface area contributed by atoms with E-state index >= 15 is 0 Å². The van der Waals surface area contributed by atoms with E-state index in [-0.39, 0.29) is 0 Å². The monoisotopic (exact) mass is 255 g/mol. The number of hydrogen-bond donors (Lipinski definition) is 1. The summed E-state index contributed by atoms with van der Waals surface area (Å²) in [6.07, 6.45) is 2.80. The third kappa shape index (κ3) is 2.39. The van der Waals surface area contributed by atoms with Gasteiger partial charge in [-0.25, -0.2) is 0 Å². The number of aromatic nitrogens is 2. The van der Waals surface area contributed by atoms with Crippen LogP contribution in [0.2, 0.25) is 4.34 Å². The minimum atomic E-state index is 0.299. The van der Waals surface area contributed by atoms with E-state index in [9.17, 15) is 0 Å². The van der Waals surface area contributed by atoms with Gasteiger partial charge >= 0.3 is 0 Å². The van der Waals surface area contributed by atoms with Crippen molar-refractivity contribution in [3.8, 4) is 0 Å². The van der Waals surface area contributed by atoms with Crippen LogP contribution in [0.1, 0.15) is 24.3 Å². The molecule has 3 nitrogen and oxygen atoms in total. The summed E-state index contributed by atoms with van der Waals surface area (Å²) in [5.41, 5.74) is 0. The topological polar surface area (TPSA) is 29.9 Å². The maximum Gasteiger partial charge on any atom is 0.124 e. The molecule has 16 heavy (non-hydrogen) atoms. The zero-order valence-electron chi connectivity index (χ0n) is 9.27. The van der Waals surface area contributed by atoms with Crippen LogP contribution in [0, 0.1) is 0 Å². The summed E-state index contributed by atoms with van der Waals surface area (Å²) in [6.45, 7) is 2.15. The third-order valence-corrected chi connectivity index (χ3v) is 3.83. The van der Waals surface area contributed by atoms with Crippen molar-refractivity contribution in [2.45, 2.75) is 19.4 Å². The molecular formula is C11H14ClN3S. The van der Waals surface area contributed by atoms with Crippen molar-refractivity contribution in [1.82, 2.24) is 9.78 Å². The van der Waals surface area contributed by atoms with Crippen LogP contribution in [-0.2, 0) is 7.05 Å². The maximum atomic E-state index is 5.95. The Balaban J connectivity index is 2.15. The van der Waals surface area contributed by atoms with Crippen molar-refractivity contribution < 1.29 is 0 Å². The Hall–Kier alpha value is -1.000. The zero-order valence-corrected chi connectivity index (χ0v) is 10.8. The standard InChI is InChI=1S/C11H14ClN3S/c1-3-8(9-4-5-10(12)16-9)14-11-6-7-13-15(11)2/h4-8,14H,3H2,1-2H3. The van der Waals surface area contributed by atoms with Gasteiger partial charge < -0.3 is 5.32 Å². The van der Waals surface area contributed by atoms with Crippen LogP contribution < -0.4 is 5.32 Å². The predicted octanol–water partition coefficient (Wildman–Crippen LogP) is 3.70. The molecule has 0 aliphatic carbocycles. The molecule has 0 amide bonds. The van der Waals surface area contributed by atoms with Crippen LogP contribution in [-0.4, -0.2) is 9.78 Å². The summed E-state index contributed by atoms with van der Waals surface area (Å²) in [5.74, 6) is 1.02. The van der Waals surface area contributed by atoms with E-state index in [1.54, 1.807) is 17.5 Å². The summed E-state index contributed by atoms with van der Waals surface area (Å²) >= 11 is 7.57. The molecule has 0 radical (unpaired) electrons. The molecule has 0 spiro atoms. The van der Waals surface area contributed by atoms with Crippen LogP contribution >= 0.6 is 22.9 Å². The van der Waals surface area contributed by atoms with Crippen LogP contribution in [0.3, 0.4) is 0 Å². The smallest absolute Gasteiger partial charge is 0.124 e. The van der Waals surface area contributed by atoms with Gasteiger partial charge in [-0.2, -0.15) is 5.10 Å². The fourth-order valence-electron chi connectivity index (χ4n) is 1.58. The first-order chi connectivity index (χ1) is 7.70. The molecule has 1 atom stereocenters. The molecule has 5 heteroatoms. The van der Waals surface area contributed by atoms with E-state index in [0.29, 0.717) is 6.04 Å². The first kappa shape index (κ1) is 11.5. The lowest BCUT2D eigenvalue weighted by molar-refractivity contribution is 0.716. The first-order valence-corrected chi connectivity index (χ1v) is 6.40. The Morgan fingerprint density at radius 2 is 2.31 bits per heavy atom. The number of nitrogens with zero attached hydrogens (tertiary/aromatic N) is 2. The van der Waals surface area contributed by atoms with Crippen molar-refractivity contribution in [2.75, 3.05) is 5.32 Å².